The van der Waals surface area contributed by atoms with E-state index in [-0.39, 0.29) is 13.2 Å². The summed E-state index contributed by atoms with van der Waals surface area (Å²) in [4.78, 5) is 12.5. The second kappa shape index (κ2) is 6.31. The number of carbonyl (C=O) groups is 1. The van der Waals surface area contributed by atoms with Crippen LogP contribution < -0.4 is 10.5 Å². The van der Waals surface area contributed by atoms with Crippen molar-refractivity contribution in [1.29, 1.82) is 0 Å². The molecule has 0 aliphatic carbocycles. The smallest absolute Gasteiger partial charge is 0.390 e. The first-order valence-electron chi connectivity index (χ1n) is 5.57. The molecule has 4 nitrogen and oxygen atoms in total. The number of ether oxygens (including phenoxy) is 1. The number of amides is 1. The maximum Gasteiger partial charge on any atom is 0.390 e. The van der Waals surface area contributed by atoms with Crippen LogP contribution in [0, 0.1) is 0 Å². The Labute approximate surface area is 108 Å². The molecular formula is C12H15F3N2O2. The molecule has 2 N–H and O–H groups in total. The van der Waals surface area contributed by atoms with Gasteiger partial charge in [-0.3, -0.25) is 4.79 Å². The summed E-state index contributed by atoms with van der Waals surface area (Å²) in [6, 6.07) is 6.37. The van der Waals surface area contributed by atoms with Gasteiger partial charge in [-0.25, -0.2) is 0 Å². The van der Waals surface area contributed by atoms with Crippen LogP contribution in [0.1, 0.15) is 6.42 Å². The fourth-order valence-corrected chi connectivity index (χ4v) is 1.24. The summed E-state index contributed by atoms with van der Waals surface area (Å²) in [5.41, 5.74) is 6.03. The molecule has 0 heterocycles. The minimum atomic E-state index is -4.27. The first-order chi connectivity index (χ1) is 8.78. The molecule has 19 heavy (non-hydrogen) atoms. The van der Waals surface area contributed by atoms with Crippen LogP contribution in [0.3, 0.4) is 0 Å². The van der Waals surface area contributed by atoms with Crippen LogP contribution in [0.25, 0.3) is 0 Å². The second-order valence-electron chi connectivity index (χ2n) is 4.04. The highest BCUT2D eigenvalue weighted by Crippen LogP contribution is 2.19. The Morgan fingerprint density at radius 2 is 1.89 bits per heavy atom. The van der Waals surface area contributed by atoms with Gasteiger partial charge in [-0.1, -0.05) is 0 Å². The maximum absolute atomic E-state index is 12.0. The van der Waals surface area contributed by atoms with Crippen molar-refractivity contribution < 1.29 is 22.7 Å². The van der Waals surface area contributed by atoms with Crippen LogP contribution >= 0.6 is 0 Å². The van der Waals surface area contributed by atoms with Crippen LogP contribution in [-0.4, -0.2) is 37.2 Å². The predicted molar refractivity (Wildman–Crippen MR) is 64.7 cm³/mol. The zero-order chi connectivity index (χ0) is 14.5. The fourth-order valence-electron chi connectivity index (χ4n) is 1.24. The van der Waals surface area contributed by atoms with Crippen molar-refractivity contribution in [3.05, 3.63) is 24.3 Å². The van der Waals surface area contributed by atoms with E-state index in [1.807, 2.05) is 0 Å². The van der Waals surface area contributed by atoms with Gasteiger partial charge in [-0.2, -0.15) is 13.2 Å². The van der Waals surface area contributed by atoms with Crippen molar-refractivity contribution in [3.8, 4) is 5.75 Å². The van der Waals surface area contributed by atoms with Crippen molar-refractivity contribution in [1.82, 2.24) is 4.90 Å². The zero-order valence-corrected chi connectivity index (χ0v) is 10.4. The standard InChI is InChI=1S/C12H15F3N2O2/c1-17(7-6-12(13,14)15)11(18)8-19-10-4-2-9(16)3-5-10/h2-5H,6-8,16H2,1H3. The summed E-state index contributed by atoms with van der Waals surface area (Å²) >= 11 is 0. The van der Waals surface area contributed by atoms with Crippen molar-refractivity contribution in [2.45, 2.75) is 12.6 Å². The van der Waals surface area contributed by atoms with E-state index in [2.05, 4.69) is 0 Å². The van der Waals surface area contributed by atoms with E-state index in [9.17, 15) is 18.0 Å². The number of halogens is 3. The van der Waals surface area contributed by atoms with Crippen molar-refractivity contribution in [2.24, 2.45) is 0 Å². The lowest BCUT2D eigenvalue weighted by atomic mass is 10.3. The van der Waals surface area contributed by atoms with E-state index in [0.29, 0.717) is 11.4 Å². The molecule has 0 atom stereocenters. The largest absolute Gasteiger partial charge is 0.484 e. The third-order valence-corrected chi connectivity index (χ3v) is 2.40. The van der Waals surface area contributed by atoms with E-state index >= 15 is 0 Å². The first kappa shape index (κ1) is 15.1. The van der Waals surface area contributed by atoms with Gasteiger partial charge in [0, 0.05) is 19.3 Å². The summed E-state index contributed by atoms with van der Waals surface area (Å²) in [5, 5.41) is 0. The number of benzene rings is 1. The number of rotatable bonds is 5. The Balaban J connectivity index is 2.36. The van der Waals surface area contributed by atoms with E-state index in [0.717, 1.165) is 4.90 Å². The normalized spacial score (nSPS) is 11.2. The molecule has 0 unspecified atom stereocenters. The lowest BCUT2D eigenvalue weighted by molar-refractivity contribution is -0.145. The maximum atomic E-state index is 12.0. The van der Waals surface area contributed by atoms with E-state index in [1.165, 1.54) is 7.05 Å². The molecular weight excluding hydrogens is 261 g/mol. The molecule has 7 heteroatoms. The Morgan fingerprint density at radius 3 is 2.42 bits per heavy atom. The van der Waals surface area contributed by atoms with Gasteiger partial charge in [0.05, 0.1) is 6.42 Å². The van der Waals surface area contributed by atoms with Crippen LogP contribution in [-0.2, 0) is 4.79 Å². The predicted octanol–water partition coefficient (Wildman–Crippen LogP) is 2.06. The van der Waals surface area contributed by atoms with Gasteiger partial charge < -0.3 is 15.4 Å². The van der Waals surface area contributed by atoms with Gasteiger partial charge in [0.25, 0.3) is 5.91 Å². The number of nitrogens with two attached hydrogens (primary N) is 1. The molecule has 0 radical (unpaired) electrons. The van der Waals surface area contributed by atoms with Crippen LogP contribution in [0.5, 0.6) is 5.75 Å². The Hall–Kier alpha value is -1.92. The lowest BCUT2D eigenvalue weighted by Gasteiger charge is -2.18. The summed E-state index contributed by atoms with van der Waals surface area (Å²) in [5.74, 6) is -0.0761. The average molecular weight is 276 g/mol. The number of carbonyl (C=O) groups excluding carboxylic acids is 1. The Kier molecular flexibility index (Phi) is 5.02. The molecule has 1 rings (SSSR count). The van der Waals surface area contributed by atoms with Gasteiger partial charge in [0.15, 0.2) is 6.61 Å². The highest BCUT2D eigenvalue weighted by Gasteiger charge is 2.28. The quantitative estimate of drug-likeness (QED) is 0.837. The van der Waals surface area contributed by atoms with Crippen molar-refractivity contribution >= 4 is 11.6 Å². The summed E-state index contributed by atoms with van der Waals surface area (Å²) in [6.45, 7) is -0.689. The Morgan fingerprint density at radius 1 is 1.32 bits per heavy atom. The zero-order valence-electron chi connectivity index (χ0n) is 10.4. The first-order valence-corrected chi connectivity index (χ1v) is 5.57. The number of likely N-dealkylation sites (N-methyl/N-ethyl adjacent to an activating group) is 1. The van der Waals surface area contributed by atoms with E-state index in [4.69, 9.17) is 10.5 Å². The average Bonchev–Trinajstić information content (AvgIpc) is 2.34. The number of alkyl halides is 3. The number of nitrogen functional groups attached to an aromatic ring is 1. The molecule has 106 valence electrons. The highest BCUT2D eigenvalue weighted by atomic mass is 19.4. The third kappa shape index (κ3) is 5.98. The van der Waals surface area contributed by atoms with Gasteiger partial charge >= 0.3 is 6.18 Å². The summed E-state index contributed by atoms with van der Waals surface area (Å²) in [6.07, 6.45) is -5.30. The molecule has 0 fully saturated rings. The van der Waals surface area contributed by atoms with Gasteiger partial charge in [-0.15, -0.1) is 0 Å². The molecule has 1 amide bonds. The van der Waals surface area contributed by atoms with Crippen molar-refractivity contribution in [3.63, 3.8) is 0 Å². The monoisotopic (exact) mass is 276 g/mol. The number of hydrogen-bond donors (Lipinski definition) is 1. The topological polar surface area (TPSA) is 55.6 Å². The van der Waals surface area contributed by atoms with E-state index in [1.54, 1.807) is 24.3 Å². The van der Waals surface area contributed by atoms with E-state index < -0.39 is 18.5 Å². The number of hydrogen-bond acceptors (Lipinski definition) is 3. The number of nitrogens with zero attached hydrogens (tertiary/aromatic N) is 1. The van der Waals surface area contributed by atoms with Gasteiger partial charge in [-0.05, 0) is 24.3 Å². The third-order valence-electron chi connectivity index (χ3n) is 2.40. The second-order valence-corrected chi connectivity index (χ2v) is 4.04. The Bertz CT molecular complexity index is 418. The van der Waals surface area contributed by atoms with Gasteiger partial charge in [0.2, 0.25) is 0 Å². The van der Waals surface area contributed by atoms with Crippen LogP contribution in [0.15, 0.2) is 24.3 Å². The number of anilines is 1. The van der Waals surface area contributed by atoms with Gasteiger partial charge in [0.1, 0.15) is 5.75 Å². The minimum Gasteiger partial charge on any atom is -0.484 e. The molecule has 0 bridgehead atoms. The highest BCUT2D eigenvalue weighted by molar-refractivity contribution is 5.77. The molecule has 0 aliphatic heterocycles. The minimum absolute atomic E-state index is 0.307. The van der Waals surface area contributed by atoms with Crippen LogP contribution in [0.2, 0.25) is 0 Å². The molecule has 0 aromatic heterocycles. The van der Waals surface area contributed by atoms with Crippen molar-refractivity contribution in [2.75, 3.05) is 25.9 Å². The molecule has 1 aromatic rings. The molecule has 0 spiro atoms. The molecule has 0 saturated carbocycles. The SMILES string of the molecule is CN(CCC(F)(F)F)C(=O)COc1ccc(N)cc1. The fraction of sp³-hybridized carbons (Fsp3) is 0.417. The lowest BCUT2D eigenvalue weighted by Crippen LogP contribution is -2.34. The summed E-state index contributed by atoms with van der Waals surface area (Å²) < 4.78 is 41.1. The molecule has 1 aromatic carbocycles. The summed E-state index contributed by atoms with van der Waals surface area (Å²) in [7, 11) is 1.31. The van der Waals surface area contributed by atoms with Crippen LogP contribution in [0.4, 0.5) is 18.9 Å². The molecule has 0 saturated heterocycles. The molecule has 0 aliphatic rings.